The zero-order valence-corrected chi connectivity index (χ0v) is 14.9. The topological polar surface area (TPSA) is 49.3 Å². The fraction of sp³-hybridized carbons (Fsp3) is 0.421. The number of aromatic nitrogens is 1. The van der Waals surface area contributed by atoms with Crippen molar-refractivity contribution in [3.8, 4) is 5.69 Å². The molecule has 2 aliphatic heterocycles. The monoisotopic (exact) mass is 358 g/mol. The Labute approximate surface area is 153 Å². The van der Waals surface area contributed by atoms with E-state index in [9.17, 15) is 4.79 Å². The number of amides is 1. The minimum absolute atomic E-state index is 0.167. The van der Waals surface area contributed by atoms with Gasteiger partial charge < -0.3 is 15.2 Å². The van der Waals surface area contributed by atoms with Gasteiger partial charge in [-0.3, -0.25) is 9.69 Å². The van der Waals surface area contributed by atoms with E-state index in [2.05, 4.69) is 44.5 Å². The fourth-order valence-corrected chi connectivity index (χ4v) is 4.06. The predicted octanol–water partition coefficient (Wildman–Crippen LogP) is 2.18. The molecule has 2 N–H and O–H groups in total. The lowest BCUT2D eigenvalue weighted by Gasteiger charge is -2.43. The molecule has 0 bridgehead atoms. The van der Waals surface area contributed by atoms with E-state index in [1.807, 2.05) is 18.2 Å². The molecule has 1 aromatic heterocycles. The van der Waals surface area contributed by atoms with Gasteiger partial charge in [-0.25, -0.2) is 0 Å². The van der Waals surface area contributed by atoms with E-state index in [4.69, 9.17) is 11.6 Å². The Hall–Kier alpha value is -1.82. The lowest BCUT2D eigenvalue weighted by atomic mass is 9.85. The number of hydrogen-bond acceptors (Lipinski definition) is 3. The van der Waals surface area contributed by atoms with Crippen molar-refractivity contribution in [3.63, 3.8) is 0 Å². The van der Waals surface area contributed by atoms with Crippen molar-refractivity contribution in [3.05, 3.63) is 53.3 Å². The molecule has 0 atom stereocenters. The Morgan fingerprint density at radius 3 is 2.72 bits per heavy atom. The maximum absolute atomic E-state index is 12.3. The number of piperidine rings is 1. The molecular weight excluding hydrogens is 336 g/mol. The SMILES string of the molecule is O=C1NCCNC12CCN(Cc1cccn1-c1cccc(Cl)c1)CC2. The summed E-state index contributed by atoms with van der Waals surface area (Å²) in [6.07, 6.45) is 3.79. The normalized spacial score (nSPS) is 20.6. The highest BCUT2D eigenvalue weighted by Crippen LogP contribution is 2.26. The van der Waals surface area contributed by atoms with Crippen LogP contribution in [0.2, 0.25) is 5.02 Å². The summed E-state index contributed by atoms with van der Waals surface area (Å²) >= 11 is 6.13. The summed E-state index contributed by atoms with van der Waals surface area (Å²) in [4.78, 5) is 14.7. The zero-order valence-electron chi connectivity index (χ0n) is 14.2. The number of rotatable bonds is 3. The number of nitrogens with zero attached hydrogens (tertiary/aromatic N) is 2. The van der Waals surface area contributed by atoms with Crippen LogP contribution < -0.4 is 10.6 Å². The van der Waals surface area contributed by atoms with E-state index in [0.717, 1.165) is 56.3 Å². The Balaban J connectivity index is 1.45. The number of carbonyl (C=O) groups is 1. The molecule has 1 amide bonds. The largest absolute Gasteiger partial charge is 0.353 e. The molecule has 4 rings (SSSR count). The van der Waals surface area contributed by atoms with Crippen LogP contribution in [0.5, 0.6) is 0 Å². The number of piperazine rings is 1. The number of carbonyl (C=O) groups excluding carboxylic acids is 1. The molecule has 2 saturated heterocycles. The Kier molecular flexibility index (Phi) is 4.54. The maximum atomic E-state index is 12.3. The lowest BCUT2D eigenvalue weighted by molar-refractivity contribution is -0.131. The zero-order chi connectivity index (χ0) is 17.3. The van der Waals surface area contributed by atoms with Crippen LogP contribution in [-0.2, 0) is 11.3 Å². The molecule has 0 unspecified atom stereocenters. The molecule has 0 radical (unpaired) electrons. The summed E-state index contributed by atoms with van der Waals surface area (Å²) in [6, 6.07) is 12.1. The first-order valence-corrected chi connectivity index (χ1v) is 9.22. The molecule has 5 nitrogen and oxygen atoms in total. The first-order chi connectivity index (χ1) is 12.2. The second-order valence-corrected chi connectivity index (χ2v) is 7.33. The molecule has 3 heterocycles. The first kappa shape index (κ1) is 16.6. The van der Waals surface area contributed by atoms with Crippen LogP contribution in [0.3, 0.4) is 0 Å². The van der Waals surface area contributed by atoms with Crippen LogP contribution in [0.4, 0.5) is 0 Å². The molecule has 2 fully saturated rings. The van der Waals surface area contributed by atoms with Crippen molar-refractivity contribution in [2.24, 2.45) is 0 Å². The average Bonchev–Trinajstić information content (AvgIpc) is 3.08. The molecule has 0 saturated carbocycles. The van der Waals surface area contributed by atoms with Crippen LogP contribution in [0.1, 0.15) is 18.5 Å². The third kappa shape index (κ3) is 3.32. The number of hydrogen-bond donors (Lipinski definition) is 2. The summed E-state index contributed by atoms with van der Waals surface area (Å²) < 4.78 is 2.18. The number of benzene rings is 1. The van der Waals surface area contributed by atoms with Crippen LogP contribution in [0.25, 0.3) is 5.69 Å². The lowest BCUT2D eigenvalue weighted by Crippen LogP contribution is -2.66. The first-order valence-electron chi connectivity index (χ1n) is 8.84. The highest BCUT2D eigenvalue weighted by molar-refractivity contribution is 6.30. The quantitative estimate of drug-likeness (QED) is 0.884. The smallest absolute Gasteiger partial charge is 0.240 e. The predicted molar refractivity (Wildman–Crippen MR) is 99.0 cm³/mol. The van der Waals surface area contributed by atoms with Crippen molar-refractivity contribution in [1.82, 2.24) is 20.1 Å². The van der Waals surface area contributed by atoms with Crippen molar-refractivity contribution in [1.29, 1.82) is 0 Å². The van der Waals surface area contributed by atoms with Gasteiger partial charge in [0.05, 0.1) is 0 Å². The highest BCUT2D eigenvalue weighted by atomic mass is 35.5. The summed E-state index contributed by atoms with van der Waals surface area (Å²) in [6.45, 7) is 4.31. The van der Waals surface area contributed by atoms with E-state index < -0.39 is 0 Å². The molecule has 6 heteroatoms. The summed E-state index contributed by atoms with van der Waals surface area (Å²) in [5.74, 6) is 0.167. The van der Waals surface area contributed by atoms with E-state index in [0.29, 0.717) is 0 Å². The van der Waals surface area contributed by atoms with Crippen LogP contribution in [-0.4, -0.2) is 47.1 Å². The van der Waals surface area contributed by atoms with Gasteiger partial charge in [0.25, 0.3) is 0 Å². The standard InChI is InChI=1S/C19H23ClN4O/c20-15-3-1-4-16(13-15)24-10-2-5-17(24)14-23-11-6-19(7-12-23)18(25)21-8-9-22-19/h1-5,10,13,22H,6-9,11-12,14H2,(H,21,25). The second kappa shape index (κ2) is 6.83. The van der Waals surface area contributed by atoms with Crippen molar-refractivity contribution in [2.75, 3.05) is 26.2 Å². The van der Waals surface area contributed by atoms with Gasteiger partial charge in [-0.05, 0) is 43.2 Å². The van der Waals surface area contributed by atoms with Crippen LogP contribution in [0.15, 0.2) is 42.6 Å². The summed E-state index contributed by atoms with van der Waals surface area (Å²) in [5, 5.41) is 7.19. The number of halogens is 1. The third-order valence-electron chi connectivity index (χ3n) is 5.32. The Morgan fingerprint density at radius 2 is 1.96 bits per heavy atom. The second-order valence-electron chi connectivity index (χ2n) is 6.89. The molecule has 2 aromatic rings. The van der Waals surface area contributed by atoms with Crippen molar-refractivity contribution in [2.45, 2.75) is 24.9 Å². The maximum Gasteiger partial charge on any atom is 0.240 e. The van der Waals surface area contributed by atoms with Gasteiger partial charge in [0.15, 0.2) is 0 Å². The van der Waals surface area contributed by atoms with Gasteiger partial charge in [0.2, 0.25) is 5.91 Å². The van der Waals surface area contributed by atoms with Crippen molar-refractivity contribution >= 4 is 17.5 Å². The van der Waals surface area contributed by atoms with Gasteiger partial charge in [-0.15, -0.1) is 0 Å². The van der Waals surface area contributed by atoms with Crippen molar-refractivity contribution < 1.29 is 4.79 Å². The van der Waals surface area contributed by atoms with Gasteiger partial charge in [0, 0.05) is 55.3 Å². The molecule has 1 aromatic carbocycles. The van der Waals surface area contributed by atoms with Crippen LogP contribution in [0, 0.1) is 0 Å². The average molecular weight is 359 g/mol. The van der Waals surface area contributed by atoms with E-state index in [1.165, 1.54) is 5.69 Å². The fourth-order valence-electron chi connectivity index (χ4n) is 3.88. The molecule has 1 spiro atoms. The van der Waals surface area contributed by atoms with Crippen LogP contribution >= 0.6 is 11.6 Å². The third-order valence-corrected chi connectivity index (χ3v) is 5.56. The van der Waals surface area contributed by atoms with Gasteiger partial charge in [-0.2, -0.15) is 0 Å². The van der Waals surface area contributed by atoms with Gasteiger partial charge in [0.1, 0.15) is 5.54 Å². The van der Waals surface area contributed by atoms with E-state index >= 15 is 0 Å². The molecule has 132 valence electrons. The minimum Gasteiger partial charge on any atom is -0.353 e. The van der Waals surface area contributed by atoms with Gasteiger partial charge in [-0.1, -0.05) is 17.7 Å². The van der Waals surface area contributed by atoms with Gasteiger partial charge >= 0.3 is 0 Å². The molecular formula is C19H23ClN4O. The minimum atomic E-state index is -0.357. The Bertz CT molecular complexity index is 764. The summed E-state index contributed by atoms with van der Waals surface area (Å²) in [7, 11) is 0. The molecule has 25 heavy (non-hydrogen) atoms. The molecule has 0 aliphatic carbocycles. The van der Waals surface area contributed by atoms with E-state index in [-0.39, 0.29) is 11.4 Å². The number of likely N-dealkylation sites (tertiary alicyclic amines) is 1. The molecule has 2 aliphatic rings. The summed E-state index contributed by atoms with van der Waals surface area (Å²) in [5.41, 5.74) is 1.96. The Morgan fingerprint density at radius 1 is 1.12 bits per heavy atom. The highest BCUT2D eigenvalue weighted by Gasteiger charge is 2.42. The van der Waals surface area contributed by atoms with E-state index in [1.54, 1.807) is 0 Å². The number of nitrogens with one attached hydrogen (secondary N) is 2.